The lowest BCUT2D eigenvalue weighted by Gasteiger charge is -2.28. The summed E-state index contributed by atoms with van der Waals surface area (Å²) in [4.78, 5) is 25.3. The van der Waals surface area contributed by atoms with Gasteiger partial charge in [0.05, 0.1) is 23.2 Å². The van der Waals surface area contributed by atoms with Crippen LogP contribution in [0.3, 0.4) is 0 Å². The van der Waals surface area contributed by atoms with E-state index in [1.807, 2.05) is 13.8 Å². The van der Waals surface area contributed by atoms with Crippen LogP contribution in [0.5, 0.6) is 0 Å². The van der Waals surface area contributed by atoms with Crippen LogP contribution < -0.4 is 14.9 Å². The van der Waals surface area contributed by atoms with Crippen LogP contribution in [-0.4, -0.2) is 38.6 Å². The van der Waals surface area contributed by atoms with E-state index in [1.165, 1.54) is 13.0 Å². The zero-order valence-corrected chi connectivity index (χ0v) is 18.2. The second-order valence-electron chi connectivity index (χ2n) is 6.88. The van der Waals surface area contributed by atoms with Crippen molar-refractivity contribution in [2.24, 2.45) is 0 Å². The van der Waals surface area contributed by atoms with Crippen LogP contribution in [0.25, 0.3) is 0 Å². The summed E-state index contributed by atoms with van der Waals surface area (Å²) in [5.74, 6) is -0.918. The molecule has 0 bridgehead atoms. The topological polar surface area (TPSA) is 95.6 Å². The van der Waals surface area contributed by atoms with Crippen molar-refractivity contribution in [2.45, 2.75) is 32.9 Å². The molecule has 2 amide bonds. The highest BCUT2D eigenvalue weighted by molar-refractivity contribution is 7.92. The smallest absolute Gasteiger partial charge is 0.253 e. The molecule has 2 N–H and O–H groups in total. The molecule has 0 aromatic heterocycles. The molecule has 1 atom stereocenters. The first-order chi connectivity index (χ1) is 13.5. The van der Waals surface area contributed by atoms with Crippen LogP contribution in [0.2, 0.25) is 5.02 Å². The maximum Gasteiger partial charge on any atom is 0.253 e. The molecular formula is C20H24ClN3O4S. The van der Waals surface area contributed by atoms with Crippen LogP contribution in [-0.2, 0) is 14.8 Å². The number of hydrogen-bond donors (Lipinski definition) is 2. The van der Waals surface area contributed by atoms with Gasteiger partial charge in [0.25, 0.3) is 5.91 Å². The minimum atomic E-state index is -3.78. The van der Waals surface area contributed by atoms with Crippen molar-refractivity contribution in [3.8, 4) is 0 Å². The molecule has 0 aliphatic heterocycles. The van der Waals surface area contributed by atoms with Crippen molar-refractivity contribution in [1.82, 2.24) is 5.32 Å². The van der Waals surface area contributed by atoms with Crippen molar-refractivity contribution >= 4 is 44.8 Å². The minimum absolute atomic E-state index is 0.0752. The van der Waals surface area contributed by atoms with E-state index in [1.54, 1.807) is 42.5 Å². The Bertz CT molecular complexity index is 1010. The number of halogens is 1. The number of carbonyl (C=O) groups excluding carboxylic acids is 2. The molecule has 0 aliphatic carbocycles. The molecule has 0 fully saturated rings. The van der Waals surface area contributed by atoms with Gasteiger partial charge in [-0.05, 0) is 51.1 Å². The zero-order chi connectivity index (χ0) is 21.8. The Morgan fingerprint density at radius 3 is 2.28 bits per heavy atom. The second kappa shape index (κ2) is 9.28. The predicted molar refractivity (Wildman–Crippen MR) is 116 cm³/mol. The van der Waals surface area contributed by atoms with Crippen molar-refractivity contribution < 1.29 is 18.0 Å². The third kappa shape index (κ3) is 5.95. The number of amides is 2. The first-order valence-electron chi connectivity index (χ1n) is 8.96. The monoisotopic (exact) mass is 437 g/mol. The summed E-state index contributed by atoms with van der Waals surface area (Å²) in [6, 6.07) is 11.6. The molecule has 0 aliphatic rings. The Balaban J connectivity index is 2.33. The third-order valence-electron chi connectivity index (χ3n) is 4.00. The summed E-state index contributed by atoms with van der Waals surface area (Å²) >= 11 is 5.98. The summed E-state index contributed by atoms with van der Waals surface area (Å²) in [6.45, 7) is 5.13. The van der Waals surface area contributed by atoms with E-state index in [-0.39, 0.29) is 23.2 Å². The molecule has 0 radical (unpaired) electrons. The van der Waals surface area contributed by atoms with Gasteiger partial charge in [0.2, 0.25) is 15.9 Å². The number of hydrogen-bond acceptors (Lipinski definition) is 4. The molecule has 2 aromatic rings. The van der Waals surface area contributed by atoms with Gasteiger partial charge in [0, 0.05) is 11.1 Å². The fourth-order valence-corrected chi connectivity index (χ4v) is 4.14. The van der Waals surface area contributed by atoms with Gasteiger partial charge in [0.1, 0.15) is 6.04 Å². The van der Waals surface area contributed by atoms with Crippen LogP contribution in [0, 0.1) is 0 Å². The molecule has 156 valence electrons. The van der Waals surface area contributed by atoms with Crippen molar-refractivity contribution in [2.75, 3.05) is 15.9 Å². The Morgan fingerprint density at radius 1 is 1.03 bits per heavy atom. The predicted octanol–water partition coefficient (Wildman–Crippen LogP) is 3.27. The molecule has 0 unspecified atom stereocenters. The lowest BCUT2D eigenvalue weighted by Crippen LogP contribution is -2.45. The van der Waals surface area contributed by atoms with Crippen molar-refractivity contribution in [1.29, 1.82) is 0 Å². The number of anilines is 2. The summed E-state index contributed by atoms with van der Waals surface area (Å²) in [5, 5.41) is 5.78. The number of sulfonamides is 1. The fraction of sp³-hybridized carbons (Fsp3) is 0.300. The Labute approximate surface area is 176 Å². The lowest BCUT2D eigenvalue weighted by atomic mass is 10.1. The van der Waals surface area contributed by atoms with Gasteiger partial charge in [-0.1, -0.05) is 29.8 Å². The van der Waals surface area contributed by atoms with Gasteiger partial charge in [-0.3, -0.25) is 13.9 Å². The summed E-state index contributed by atoms with van der Waals surface area (Å²) in [7, 11) is -3.78. The molecule has 0 saturated carbocycles. The SMILES string of the molecule is CC(C)NC(=O)c1ccccc1NC(=O)[C@@H](C)N(c1cccc(Cl)c1)S(C)(=O)=O. The molecule has 0 spiro atoms. The number of nitrogens with zero attached hydrogens (tertiary/aromatic N) is 1. The highest BCUT2D eigenvalue weighted by Gasteiger charge is 2.30. The van der Waals surface area contributed by atoms with Gasteiger partial charge < -0.3 is 10.6 Å². The van der Waals surface area contributed by atoms with E-state index in [9.17, 15) is 18.0 Å². The van der Waals surface area contributed by atoms with E-state index < -0.39 is 22.0 Å². The van der Waals surface area contributed by atoms with E-state index in [2.05, 4.69) is 10.6 Å². The number of carbonyl (C=O) groups is 2. The highest BCUT2D eigenvalue weighted by atomic mass is 35.5. The minimum Gasteiger partial charge on any atom is -0.350 e. The van der Waals surface area contributed by atoms with Gasteiger partial charge in [-0.25, -0.2) is 8.42 Å². The standard InChI is InChI=1S/C20H24ClN3O4S/c1-13(2)22-20(26)17-10-5-6-11-18(17)23-19(25)14(3)24(29(4,27)28)16-9-7-8-15(21)12-16/h5-14H,1-4H3,(H,22,26)(H,23,25)/t14-/m1/s1. The quantitative estimate of drug-likeness (QED) is 0.694. The molecule has 2 aromatic carbocycles. The van der Waals surface area contributed by atoms with Crippen molar-refractivity contribution in [3.05, 3.63) is 59.1 Å². The van der Waals surface area contributed by atoms with E-state index >= 15 is 0 Å². The number of para-hydroxylation sites is 1. The summed E-state index contributed by atoms with van der Waals surface area (Å²) < 4.78 is 25.7. The van der Waals surface area contributed by atoms with Gasteiger partial charge >= 0.3 is 0 Å². The molecule has 0 heterocycles. The molecule has 2 rings (SSSR count). The van der Waals surface area contributed by atoms with E-state index in [4.69, 9.17) is 11.6 Å². The fourth-order valence-electron chi connectivity index (χ4n) is 2.79. The third-order valence-corrected chi connectivity index (χ3v) is 5.48. The highest BCUT2D eigenvalue weighted by Crippen LogP contribution is 2.25. The average Bonchev–Trinajstić information content (AvgIpc) is 2.60. The summed E-state index contributed by atoms with van der Waals surface area (Å²) in [5.41, 5.74) is 0.853. The summed E-state index contributed by atoms with van der Waals surface area (Å²) in [6.07, 6.45) is 1.02. The second-order valence-corrected chi connectivity index (χ2v) is 9.17. The number of rotatable bonds is 7. The maximum atomic E-state index is 12.9. The number of nitrogens with one attached hydrogen (secondary N) is 2. The van der Waals surface area contributed by atoms with Crippen LogP contribution in [0.4, 0.5) is 11.4 Å². The van der Waals surface area contributed by atoms with E-state index in [0.29, 0.717) is 10.7 Å². The molecule has 7 nitrogen and oxygen atoms in total. The van der Waals surface area contributed by atoms with Crippen LogP contribution >= 0.6 is 11.6 Å². The Hall–Kier alpha value is -2.58. The molecule has 0 saturated heterocycles. The zero-order valence-electron chi connectivity index (χ0n) is 16.6. The average molecular weight is 438 g/mol. The normalized spacial score (nSPS) is 12.3. The van der Waals surface area contributed by atoms with E-state index in [0.717, 1.165) is 10.6 Å². The van der Waals surface area contributed by atoms with Crippen LogP contribution in [0.15, 0.2) is 48.5 Å². The molecular weight excluding hydrogens is 414 g/mol. The maximum absolute atomic E-state index is 12.9. The first kappa shape index (κ1) is 22.7. The van der Waals surface area contributed by atoms with Gasteiger partial charge in [0.15, 0.2) is 0 Å². The molecule has 9 heteroatoms. The van der Waals surface area contributed by atoms with Crippen molar-refractivity contribution in [3.63, 3.8) is 0 Å². The number of benzene rings is 2. The Morgan fingerprint density at radius 2 is 1.69 bits per heavy atom. The van der Waals surface area contributed by atoms with Crippen LogP contribution in [0.1, 0.15) is 31.1 Å². The lowest BCUT2D eigenvalue weighted by molar-refractivity contribution is -0.116. The first-order valence-corrected chi connectivity index (χ1v) is 11.2. The van der Waals surface area contributed by atoms with Gasteiger partial charge in [-0.2, -0.15) is 0 Å². The largest absolute Gasteiger partial charge is 0.350 e. The van der Waals surface area contributed by atoms with Gasteiger partial charge in [-0.15, -0.1) is 0 Å². The molecule has 29 heavy (non-hydrogen) atoms. The Kier molecular flexibility index (Phi) is 7.26.